The van der Waals surface area contributed by atoms with Gasteiger partial charge in [-0.15, -0.1) is 0 Å². The molecule has 0 amide bonds. The Balaban J connectivity index is 2.40. The molecule has 1 rings (SSSR count). The average Bonchev–Trinajstić information content (AvgIpc) is 2.63. The van der Waals surface area contributed by atoms with Gasteiger partial charge in [-0.05, 0) is 6.07 Å². The number of aliphatic hydroxyl groups is 1. The van der Waals surface area contributed by atoms with E-state index in [9.17, 15) is 22.7 Å². The molecule has 0 aliphatic rings. The summed E-state index contributed by atoms with van der Waals surface area (Å²) in [7, 11) is 1.55. The van der Waals surface area contributed by atoms with Crippen molar-refractivity contribution in [3.05, 3.63) is 18.0 Å². The highest BCUT2D eigenvalue weighted by Gasteiger charge is 2.41. The number of halogens is 4. The molecule has 1 N–H and O–H groups in total. The maximum atomic E-state index is 12.4. The normalized spacial score (nSPS) is 14.3. The van der Waals surface area contributed by atoms with Gasteiger partial charge in [0.05, 0.1) is 12.3 Å². The second kappa shape index (κ2) is 5.46. The van der Waals surface area contributed by atoms with E-state index in [1.54, 1.807) is 7.05 Å². The van der Waals surface area contributed by atoms with Crippen molar-refractivity contribution in [2.24, 2.45) is 7.05 Å². The number of hydrogen-bond acceptors (Lipinski definition) is 3. The summed E-state index contributed by atoms with van der Waals surface area (Å²) in [4.78, 5) is 0. The van der Waals surface area contributed by atoms with Crippen LogP contribution in [0.5, 0.6) is 0 Å². The van der Waals surface area contributed by atoms with Crippen molar-refractivity contribution < 1.29 is 27.4 Å². The van der Waals surface area contributed by atoms with Crippen molar-refractivity contribution in [1.29, 1.82) is 0 Å². The summed E-state index contributed by atoms with van der Waals surface area (Å²) in [5, 5.41) is 13.3. The maximum absolute atomic E-state index is 12.4. The molecule has 0 bridgehead atoms. The van der Waals surface area contributed by atoms with Crippen molar-refractivity contribution in [2.75, 3.05) is 13.2 Å². The Hall–Kier alpha value is -1.15. The van der Waals surface area contributed by atoms with Gasteiger partial charge in [0.25, 0.3) is 0 Å². The number of alkyl halides is 4. The van der Waals surface area contributed by atoms with Crippen LogP contribution in [0.15, 0.2) is 12.3 Å². The summed E-state index contributed by atoms with van der Waals surface area (Å²) in [6.45, 7) is -1.93. The minimum Gasteiger partial charge on any atom is -0.384 e. The summed E-state index contributed by atoms with van der Waals surface area (Å²) in [5.74, 6) is -4.20. The van der Waals surface area contributed by atoms with E-state index < -0.39 is 31.7 Å². The quantitative estimate of drug-likeness (QED) is 0.782. The van der Waals surface area contributed by atoms with Gasteiger partial charge in [-0.3, -0.25) is 4.68 Å². The molecule has 17 heavy (non-hydrogen) atoms. The number of rotatable bonds is 6. The lowest BCUT2D eigenvalue weighted by Gasteiger charge is -2.17. The van der Waals surface area contributed by atoms with Gasteiger partial charge in [-0.2, -0.15) is 13.9 Å². The van der Waals surface area contributed by atoms with E-state index >= 15 is 0 Å². The highest BCUT2D eigenvalue weighted by atomic mass is 19.3. The van der Waals surface area contributed by atoms with Crippen LogP contribution in [0.2, 0.25) is 0 Å². The molecule has 1 atom stereocenters. The molecule has 0 saturated carbocycles. The monoisotopic (exact) mass is 256 g/mol. The van der Waals surface area contributed by atoms with Gasteiger partial charge in [0.15, 0.2) is 0 Å². The molecule has 1 heterocycles. The van der Waals surface area contributed by atoms with Gasteiger partial charge in [-0.1, -0.05) is 0 Å². The van der Waals surface area contributed by atoms with Crippen LogP contribution in [0.4, 0.5) is 17.6 Å². The molecule has 8 heteroatoms. The summed E-state index contributed by atoms with van der Waals surface area (Å²) in [6.07, 6.45) is -3.56. The summed E-state index contributed by atoms with van der Waals surface area (Å²) < 4.78 is 54.1. The number of hydrogen-bond donors (Lipinski definition) is 1. The average molecular weight is 256 g/mol. The summed E-state index contributed by atoms with van der Waals surface area (Å²) in [5.41, 5.74) is 0.352. The number of aryl methyl sites for hydroxylation is 1. The number of aliphatic hydroxyl groups excluding tert-OH is 1. The molecule has 4 nitrogen and oxygen atoms in total. The zero-order valence-electron chi connectivity index (χ0n) is 8.99. The first-order valence-electron chi connectivity index (χ1n) is 4.74. The molecule has 0 aliphatic carbocycles. The van der Waals surface area contributed by atoms with Crippen molar-refractivity contribution in [2.45, 2.75) is 18.5 Å². The third-order valence-electron chi connectivity index (χ3n) is 2.09. The lowest BCUT2D eigenvalue weighted by atomic mass is 10.2. The lowest BCUT2D eigenvalue weighted by Crippen LogP contribution is -2.33. The standard InChI is InChI=1S/C9H12F4N2O2/c1-15-6(2-3-14-15)7(16)4-17-5-9(12,13)8(10)11/h2-3,7-8,16H,4-5H2,1H3. The van der Waals surface area contributed by atoms with Crippen LogP contribution < -0.4 is 0 Å². The lowest BCUT2D eigenvalue weighted by molar-refractivity contribution is -0.171. The third kappa shape index (κ3) is 3.67. The van der Waals surface area contributed by atoms with Gasteiger partial charge >= 0.3 is 12.3 Å². The van der Waals surface area contributed by atoms with Crippen LogP contribution in [0.25, 0.3) is 0 Å². The predicted octanol–water partition coefficient (Wildman–Crippen LogP) is 1.37. The van der Waals surface area contributed by atoms with Crippen LogP contribution in [0.3, 0.4) is 0 Å². The molecule has 1 unspecified atom stereocenters. The van der Waals surface area contributed by atoms with Gasteiger partial charge in [0.2, 0.25) is 0 Å². The van der Waals surface area contributed by atoms with Crippen molar-refractivity contribution in [3.63, 3.8) is 0 Å². The van der Waals surface area contributed by atoms with E-state index in [-0.39, 0.29) is 0 Å². The molecule has 1 aromatic heterocycles. The fourth-order valence-electron chi connectivity index (χ4n) is 1.17. The van der Waals surface area contributed by atoms with Crippen LogP contribution in [-0.2, 0) is 11.8 Å². The van der Waals surface area contributed by atoms with Crippen molar-refractivity contribution >= 4 is 0 Å². The Labute approximate surface area is 94.8 Å². The number of nitrogens with zero attached hydrogens (tertiary/aromatic N) is 2. The largest absolute Gasteiger partial charge is 0.384 e. The number of aromatic nitrogens is 2. The first-order chi connectivity index (χ1) is 7.84. The summed E-state index contributed by atoms with van der Waals surface area (Å²) in [6, 6.07) is 1.47. The SMILES string of the molecule is Cn1nccc1C(O)COCC(F)(F)C(F)F. The second-order valence-electron chi connectivity index (χ2n) is 3.47. The molecule has 0 radical (unpaired) electrons. The zero-order valence-corrected chi connectivity index (χ0v) is 8.99. The molecule has 98 valence electrons. The second-order valence-corrected chi connectivity index (χ2v) is 3.47. The molecule has 0 saturated heterocycles. The van der Waals surface area contributed by atoms with E-state index in [4.69, 9.17) is 0 Å². The van der Waals surface area contributed by atoms with Crippen molar-refractivity contribution in [1.82, 2.24) is 9.78 Å². The first kappa shape index (κ1) is 13.9. The molecule has 0 aliphatic heterocycles. The molecule has 0 aromatic carbocycles. The Morgan fingerprint density at radius 1 is 1.53 bits per heavy atom. The minimum atomic E-state index is -4.20. The highest BCUT2D eigenvalue weighted by molar-refractivity contribution is 5.03. The Morgan fingerprint density at radius 2 is 2.18 bits per heavy atom. The third-order valence-corrected chi connectivity index (χ3v) is 2.09. The fourth-order valence-corrected chi connectivity index (χ4v) is 1.17. The van der Waals surface area contributed by atoms with E-state index in [0.29, 0.717) is 5.69 Å². The minimum absolute atomic E-state index is 0.352. The van der Waals surface area contributed by atoms with E-state index in [0.717, 1.165) is 0 Å². The van der Waals surface area contributed by atoms with Gasteiger partial charge in [0.1, 0.15) is 12.7 Å². The van der Waals surface area contributed by atoms with Crippen LogP contribution in [0.1, 0.15) is 11.8 Å². The van der Waals surface area contributed by atoms with E-state index in [1.807, 2.05) is 0 Å². The molecular weight excluding hydrogens is 244 g/mol. The Bertz CT molecular complexity index is 357. The Morgan fingerprint density at radius 3 is 2.65 bits per heavy atom. The summed E-state index contributed by atoms with van der Waals surface area (Å²) >= 11 is 0. The van der Waals surface area contributed by atoms with Crippen LogP contribution in [-0.4, -0.2) is 40.4 Å². The first-order valence-corrected chi connectivity index (χ1v) is 4.74. The zero-order chi connectivity index (χ0) is 13.1. The molecular formula is C9H12F4N2O2. The molecule has 0 spiro atoms. The van der Waals surface area contributed by atoms with Gasteiger partial charge < -0.3 is 9.84 Å². The van der Waals surface area contributed by atoms with E-state index in [1.165, 1.54) is 16.9 Å². The predicted molar refractivity (Wildman–Crippen MR) is 49.9 cm³/mol. The van der Waals surface area contributed by atoms with Crippen LogP contribution in [0, 0.1) is 0 Å². The topological polar surface area (TPSA) is 47.3 Å². The maximum Gasteiger partial charge on any atom is 0.330 e. The fraction of sp³-hybridized carbons (Fsp3) is 0.667. The highest BCUT2D eigenvalue weighted by Crippen LogP contribution is 2.23. The van der Waals surface area contributed by atoms with Crippen molar-refractivity contribution in [3.8, 4) is 0 Å². The van der Waals surface area contributed by atoms with Crippen LogP contribution >= 0.6 is 0 Å². The number of ether oxygens (including phenoxy) is 1. The molecule has 1 aromatic rings. The molecule has 0 fully saturated rings. The Kier molecular flexibility index (Phi) is 4.47. The van der Waals surface area contributed by atoms with Gasteiger partial charge in [0, 0.05) is 13.2 Å². The van der Waals surface area contributed by atoms with E-state index in [2.05, 4.69) is 9.84 Å². The van der Waals surface area contributed by atoms with Gasteiger partial charge in [-0.25, -0.2) is 8.78 Å². The smallest absolute Gasteiger partial charge is 0.330 e.